The van der Waals surface area contributed by atoms with Gasteiger partial charge in [0.2, 0.25) is 5.91 Å². The lowest BCUT2D eigenvalue weighted by Gasteiger charge is -2.51. The summed E-state index contributed by atoms with van der Waals surface area (Å²) in [6.45, 7) is 30.8. The first-order valence-electron chi connectivity index (χ1n) is 36.5. The third kappa shape index (κ3) is 19.7. The van der Waals surface area contributed by atoms with E-state index in [4.69, 9.17) is 4.74 Å². The standard InChI is InChI=1S/C40H42N2OPS.C28H39N3O3S.C19H24N2OS.BrH/c1-32-24-25-38(33(2)31-32)45-39-22-13-12-21-37(39)41-26-28-42(29-27-41)40(43)23-14-30-44(34-15-6-3-7-16-34,35-17-8-4-9-18-35)36-19-10-5-11-20-36;1-20-11-12-24(21(2)17-20)35-25-10-8-7-9-23(25)29-13-15-30(16-14-29)26(32)34-22-18-27(3,4)31(33)28(5,6)19-22;1-15-8-9-18(16(2)14-15)23(22)19-7-5-4-6-17(19)21-12-10-20(3)11-13-21;/h3-13,15-22,24-25,31H,14,23,26-30H2,1-2H3;7-12,17,22,33H,13-16,18-19H2,1-6H3;4-9,14H,10-13H2,1-3H3;1H/q+1;;;/p-1. The van der Waals surface area contributed by atoms with Crippen molar-refractivity contribution in [2.24, 2.45) is 0 Å². The van der Waals surface area contributed by atoms with Crippen molar-refractivity contribution in [1.29, 1.82) is 0 Å². The number of benzene rings is 9. The van der Waals surface area contributed by atoms with E-state index >= 15 is 0 Å². The summed E-state index contributed by atoms with van der Waals surface area (Å²) in [5, 5.41) is 16.1. The molecular weight excluding hydrogens is 1430 g/mol. The zero-order valence-electron chi connectivity index (χ0n) is 62.6. The van der Waals surface area contributed by atoms with Crippen molar-refractivity contribution in [1.82, 2.24) is 19.8 Å². The van der Waals surface area contributed by atoms with Gasteiger partial charge in [-0.3, -0.25) is 4.79 Å². The SMILES string of the molecule is Cc1ccc(S(=O)c2ccccc2N2CCN(C)CC2)c(C)c1.Cc1ccc(Sc2ccccc2N2CCN(C(=O)CCC[P+](c3ccccc3)(c3ccccc3)c3ccccc3)CC2)c(C)c1.Cc1ccc(Sc2ccccc2N2CCN(C(=O)OC3CC(C)(C)N(O)C(C)(C)C3)CC2)c(C)c1.[Br-]. The van der Waals surface area contributed by atoms with Crippen LogP contribution in [0.3, 0.4) is 0 Å². The number of hydrogen-bond acceptors (Lipinski definition) is 12. The third-order valence-electron chi connectivity index (χ3n) is 20.5. The van der Waals surface area contributed by atoms with E-state index in [1.165, 1.54) is 79.8 Å². The zero-order chi connectivity index (χ0) is 72.8. The summed E-state index contributed by atoms with van der Waals surface area (Å²) < 4.78 is 19.1. The van der Waals surface area contributed by atoms with Crippen LogP contribution in [0.4, 0.5) is 21.9 Å². The van der Waals surface area contributed by atoms with Crippen LogP contribution in [0.25, 0.3) is 0 Å². The van der Waals surface area contributed by atoms with Gasteiger partial charge in [0.1, 0.15) is 29.3 Å². The van der Waals surface area contributed by atoms with Crippen LogP contribution in [-0.2, 0) is 20.3 Å². The molecule has 4 heterocycles. The molecule has 13 rings (SSSR count). The number of anilines is 3. The summed E-state index contributed by atoms with van der Waals surface area (Å²) in [5.41, 5.74) is 10.2. The summed E-state index contributed by atoms with van der Waals surface area (Å²) >= 11 is 3.64. The number of likely N-dealkylation sites (N-methyl/N-ethyl adjacent to an activating group) is 1. The Morgan fingerprint density at radius 2 is 0.846 bits per heavy atom. The summed E-state index contributed by atoms with van der Waals surface area (Å²) in [5.74, 6) is 0.278. The molecule has 2 amide bonds. The second kappa shape index (κ2) is 36.4. The van der Waals surface area contributed by atoms with E-state index in [-0.39, 0.29) is 35.1 Å². The van der Waals surface area contributed by atoms with Crippen molar-refractivity contribution >= 4 is 86.6 Å². The Balaban J connectivity index is 0.000000175. The van der Waals surface area contributed by atoms with Gasteiger partial charge in [-0.2, -0.15) is 5.06 Å². The highest BCUT2D eigenvalue weighted by Crippen LogP contribution is 2.56. The molecule has 4 aliphatic heterocycles. The van der Waals surface area contributed by atoms with E-state index in [0.717, 1.165) is 99.1 Å². The van der Waals surface area contributed by atoms with Crippen LogP contribution < -0.4 is 47.6 Å². The Labute approximate surface area is 642 Å². The van der Waals surface area contributed by atoms with E-state index in [9.17, 15) is 19.0 Å². The first kappa shape index (κ1) is 79.3. The maximum atomic E-state index is 13.6. The molecule has 9 aromatic rings. The summed E-state index contributed by atoms with van der Waals surface area (Å²) in [4.78, 5) is 46.9. The molecule has 1 unspecified atom stereocenters. The topological polar surface area (TPSA) is 103 Å². The lowest BCUT2D eigenvalue weighted by Crippen LogP contribution is -3.00. The molecule has 548 valence electrons. The Kier molecular flexibility index (Phi) is 27.7. The molecule has 17 heteroatoms. The molecule has 0 bridgehead atoms. The number of para-hydroxylation sites is 3. The fourth-order valence-corrected chi connectivity index (χ4v) is 22.8. The molecule has 0 spiro atoms. The van der Waals surface area contributed by atoms with Crippen molar-refractivity contribution < 1.29 is 40.7 Å². The molecule has 4 fully saturated rings. The van der Waals surface area contributed by atoms with E-state index < -0.39 is 29.1 Å². The average Bonchev–Trinajstić information content (AvgIpc) is 0.743. The maximum absolute atomic E-state index is 13.6. The number of amides is 2. The van der Waals surface area contributed by atoms with Gasteiger partial charge in [0.15, 0.2) is 0 Å². The molecule has 4 saturated heterocycles. The van der Waals surface area contributed by atoms with Crippen molar-refractivity contribution in [2.45, 2.75) is 141 Å². The van der Waals surface area contributed by atoms with E-state index in [1.54, 1.807) is 11.8 Å². The Bertz CT molecular complexity index is 4220. The predicted octanol–water partition coefficient (Wildman–Crippen LogP) is 14.2. The van der Waals surface area contributed by atoms with Crippen molar-refractivity contribution in [3.05, 3.63) is 252 Å². The number of aryl methyl sites for hydroxylation is 6. The van der Waals surface area contributed by atoms with Crippen molar-refractivity contribution in [2.75, 3.05) is 106 Å². The van der Waals surface area contributed by atoms with E-state index in [1.807, 2.05) is 81.6 Å². The number of piperidine rings is 1. The molecule has 0 aliphatic carbocycles. The molecule has 0 saturated carbocycles. The molecule has 1 N–H and O–H groups in total. The first-order chi connectivity index (χ1) is 49.6. The number of hydrogen-bond donors (Lipinski definition) is 1. The number of carbonyl (C=O) groups excluding carboxylic acids is 2. The molecule has 0 radical (unpaired) electrons. The van der Waals surface area contributed by atoms with Crippen molar-refractivity contribution in [3.8, 4) is 0 Å². The van der Waals surface area contributed by atoms with Gasteiger partial charge in [-0.25, -0.2) is 9.00 Å². The number of rotatable bonds is 17. The minimum Gasteiger partial charge on any atom is -1.00 e. The maximum Gasteiger partial charge on any atom is 0.410 e. The highest BCUT2D eigenvalue weighted by molar-refractivity contribution is 8.00. The van der Waals surface area contributed by atoms with Gasteiger partial charge in [0.25, 0.3) is 0 Å². The zero-order valence-corrected chi connectivity index (χ0v) is 67.6. The lowest BCUT2D eigenvalue weighted by molar-refractivity contribution is -0.257. The van der Waals surface area contributed by atoms with Gasteiger partial charge in [-0.1, -0.05) is 168 Å². The fourth-order valence-electron chi connectivity index (χ4n) is 15.0. The third-order valence-corrected chi connectivity index (χ3v) is 29.1. The van der Waals surface area contributed by atoms with Crippen molar-refractivity contribution in [3.63, 3.8) is 0 Å². The average molecular weight is 1540 g/mol. The van der Waals surface area contributed by atoms with Gasteiger partial charge >= 0.3 is 6.09 Å². The van der Waals surface area contributed by atoms with Gasteiger partial charge in [0.05, 0.1) is 38.9 Å². The fraction of sp³-hybridized carbons (Fsp3) is 0.356. The van der Waals surface area contributed by atoms with E-state index in [2.05, 4.69) is 254 Å². The van der Waals surface area contributed by atoms with Crippen LogP contribution in [0.1, 0.15) is 86.8 Å². The Morgan fingerprint density at radius 1 is 0.462 bits per heavy atom. The van der Waals surface area contributed by atoms with Crippen LogP contribution >= 0.6 is 30.8 Å². The second-order valence-electron chi connectivity index (χ2n) is 29.3. The monoisotopic (exact) mass is 1530 g/mol. The molecule has 9 aromatic carbocycles. The highest BCUT2D eigenvalue weighted by atomic mass is 79.9. The van der Waals surface area contributed by atoms with Gasteiger partial charge < -0.3 is 56.3 Å². The van der Waals surface area contributed by atoms with Crippen LogP contribution in [0.5, 0.6) is 0 Å². The van der Waals surface area contributed by atoms with Gasteiger partial charge in [0, 0.05) is 133 Å². The van der Waals surface area contributed by atoms with Crippen LogP contribution in [0, 0.1) is 41.5 Å². The molecule has 0 aromatic heterocycles. The Morgan fingerprint density at radius 3 is 1.30 bits per heavy atom. The second-order valence-corrected chi connectivity index (χ2v) is 36.5. The highest BCUT2D eigenvalue weighted by Gasteiger charge is 2.47. The quantitative estimate of drug-likeness (QED) is 0.0878. The number of carbonyl (C=O) groups is 2. The smallest absolute Gasteiger partial charge is 0.410 e. The van der Waals surface area contributed by atoms with Crippen LogP contribution in [0.2, 0.25) is 0 Å². The first-order valence-corrected chi connectivity index (χ1v) is 41.3. The van der Waals surface area contributed by atoms with E-state index in [0.29, 0.717) is 32.4 Å². The summed E-state index contributed by atoms with van der Waals surface area (Å²) in [6.07, 6.45) is 3.19. The molecular formula is C87H105BrN7O5PS3. The Hall–Kier alpha value is -7.24. The lowest BCUT2D eigenvalue weighted by atomic mass is 9.80. The number of nitrogens with zero attached hydrogens (tertiary/aromatic N) is 7. The number of ether oxygens (including phenoxy) is 1. The minimum absolute atomic E-state index is 0. The molecule has 1 atom stereocenters. The van der Waals surface area contributed by atoms with Crippen LogP contribution in [0.15, 0.2) is 248 Å². The van der Waals surface area contributed by atoms with Gasteiger partial charge in [-0.05, 0) is 190 Å². The van der Waals surface area contributed by atoms with Gasteiger partial charge in [-0.15, -0.1) is 0 Å². The summed E-state index contributed by atoms with van der Waals surface area (Å²) in [7, 11) is -0.916. The largest absolute Gasteiger partial charge is 1.00 e. The number of piperazine rings is 3. The molecule has 4 aliphatic rings. The van der Waals surface area contributed by atoms with Crippen LogP contribution in [-0.4, -0.2) is 150 Å². The number of halogens is 1. The summed E-state index contributed by atoms with van der Waals surface area (Å²) in [6, 6.07) is 77.6. The minimum atomic E-state index is -1.92. The molecule has 104 heavy (non-hydrogen) atoms. The normalized spacial score (nSPS) is 16.6. The molecule has 12 nitrogen and oxygen atoms in total. The number of hydroxylamine groups is 2. The predicted molar refractivity (Wildman–Crippen MR) is 433 cm³/mol.